The van der Waals surface area contributed by atoms with E-state index >= 15 is 0 Å². The predicted molar refractivity (Wildman–Crippen MR) is 132 cm³/mol. The molecule has 0 aliphatic rings. The molecule has 0 bridgehead atoms. The molecule has 0 spiro atoms. The molecule has 0 fully saturated rings. The van der Waals surface area contributed by atoms with Gasteiger partial charge in [-0.2, -0.15) is 0 Å². The molecule has 7 nitrogen and oxygen atoms in total. The van der Waals surface area contributed by atoms with Gasteiger partial charge in [-0.25, -0.2) is 9.37 Å². The number of carbonyl (C=O) groups excluding carboxylic acids is 1. The Bertz CT molecular complexity index is 1340. The highest BCUT2D eigenvalue weighted by Gasteiger charge is 2.21. The number of thiazole rings is 1. The van der Waals surface area contributed by atoms with Crippen LogP contribution in [-0.2, 0) is 5.41 Å². The minimum Gasteiger partial charge on any atom is -0.444 e. The first kappa shape index (κ1) is 23.5. The van der Waals surface area contributed by atoms with E-state index < -0.39 is 10.8 Å². The number of carbonyl (C=O) groups is 1. The Morgan fingerprint density at radius 3 is 2.29 bits per heavy atom. The molecule has 1 amide bonds. The first-order valence-electron chi connectivity index (χ1n) is 10.2. The number of benzene rings is 2. The van der Waals surface area contributed by atoms with Crippen LogP contribution >= 0.6 is 22.7 Å². The number of hydrogen-bond acceptors (Lipinski definition) is 7. The van der Waals surface area contributed by atoms with Crippen molar-refractivity contribution in [2.24, 2.45) is 0 Å². The zero-order valence-electron chi connectivity index (χ0n) is 18.5. The third-order valence-electron chi connectivity index (χ3n) is 4.86. The Morgan fingerprint density at radius 1 is 1.03 bits per heavy atom. The van der Waals surface area contributed by atoms with Crippen LogP contribution in [0.25, 0.3) is 11.3 Å². The third kappa shape index (κ3) is 5.29. The van der Waals surface area contributed by atoms with Crippen LogP contribution in [-0.4, -0.2) is 15.8 Å². The van der Waals surface area contributed by atoms with Crippen LogP contribution in [0.15, 0.2) is 60.7 Å². The van der Waals surface area contributed by atoms with Gasteiger partial charge in [0.1, 0.15) is 17.3 Å². The molecule has 4 aromatic rings. The molecule has 0 saturated carbocycles. The van der Waals surface area contributed by atoms with Crippen LogP contribution in [0.4, 0.5) is 14.5 Å². The van der Waals surface area contributed by atoms with Gasteiger partial charge in [-0.05, 0) is 53.4 Å². The van der Waals surface area contributed by atoms with E-state index in [9.17, 15) is 19.3 Å². The van der Waals surface area contributed by atoms with Gasteiger partial charge < -0.3 is 4.74 Å². The molecule has 34 heavy (non-hydrogen) atoms. The molecule has 0 unspecified atom stereocenters. The minimum absolute atomic E-state index is 0.00337. The van der Waals surface area contributed by atoms with E-state index in [0.717, 1.165) is 28.2 Å². The van der Waals surface area contributed by atoms with E-state index in [-0.39, 0.29) is 26.2 Å². The molecule has 4 rings (SSSR count). The fraction of sp³-hybridized carbons (Fsp3) is 0.167. The van der Waals surface area contributed by atoms with Crippen LogP contribution in [0, 0.1) is 15.9 Å². The van der Waals surface area contributed by atoms with Crippen LogP contribution in [0.5, 0.6) is 10.8 Å². The lowest BCUT2D eigenvalue weighted by Gasteiger charge is -2.19. The van der Waals surface area contributed by atoms with Crippen LogP contribution in [0.3, 0.4) is 0 Å². The Morgan fingerprint density at radius 2 is 1.71 bits per heavy atom. The normalized spacial score (nSPS) is 11.3. The van der Waals surface area contributed by atoms with Crippen molar-refractivity contribution in [2.75, 3.05) is 5.32 Å². The van der Waals surface area contributed by atoms with E-state index in [4.69, 9.17) is 4.74 Å². The second-order valence-corrected chi connectivity index (χ2v) is 10.4. The average molecular weight is 498 g/mol. The Hall–Kier alpha value is -3.63. The molecular weight excluding hydrogens is 477 g/mol. The number of amides is 1. The van der Waals surface area contributed by atoms with Gasteiger partial charge in [0.25, 0.3) is 5.91 Å². The standard InChI is InChI=1S/C24H20FN3O4S2/c1-24(2,3)15-6-10-17(11-7-15)32-22-20(14-4-8-16(25)9-5-14)26-23(34-22)27-21(29)18-12-13-19(33-18)28(30)31/h4-13H,1-3H3,(H,26,27,29). The number of thiophene rings is 1. The number of hydrogen-bond donors (Lipinski definition) is 1. The lowest BCUT2D eigenvalue weighted by atomic mass is 9.87. The molecule has 1 N–H and O–H groups in total. The predicted octanol–water partition coefficient (Wildman–Crippen LogP) is 7.26. The molecule has 174 valence electrons. The molecule has 0 atom stereocenters. The highest BCUT2D eigenvalue weighted by Crippen LogP contribution is 2.41. The fourth-order valence-corrected chi connectivity index (χ4v) is 4.63. The number of ether oxygens (including phenoxy) is 1. The van der Waals surface area contributed by atoms with E-state index in [0.29, 0.717) is 22.1 Å². The zero-order valence-corrected chi connectivity index (χ0v) is 20.1. The van der Waals surface area contributed by atoms with Gasteiger partial charge in [0.15, 0.2) is 5.13 Å². The molecule has 0 radical (unpaired) electrons. The summed E-state index contributed by atoms with van der Waals surface area (Å²) in [6.07, 6.45) is 0. The third-order valence-corrected chi connectivity index (χ3v) is 6.75. The summed E-state index contributed by atoms with van der Waals surface area (Å²) in [6, 6.07) is 16.2. The first-order valence-corrected chi connectivity index (χ1v) is 11.8. The van der Waals surface area contributed by atoms with Crippen molar-refractivity contribution in [1.82, 2.24) is 4.98 Å². The maximum Gasteiger partial charge on any atom is 0.324 e. The molecule has 0 aliphatic carbocycles. The summed E-state index contributed by atoms with van der Waals surface area (Å²) in [6.45, 7) is 6.36. The highest BCUT2D eigenvalue weighted by molar-refractivity contribution is 7.19. The highest BCUT2D eigenvalue weighted by atomic mass is 32.1. The van der Waals surface area contributed by atoms with Gasteiger partial charge >= 0.3 is 5.00 Å². The molecular formula is C24H20FN3O4S2. The lowest BCUT2D eigenvalue weighted by molar-refractivity contribution is -0.380. The summed E-state index contributed by atoms with van der Waals surface area (Å²) in [5, 5.41) is 14.1. The van der Waals surface area contributed by atoms with Crippen molar-refractivity contribution >= 4 is 38.7 Å². The van der Waals surface area contributed by atoms with Gasteiger partial charge in [0.2, 0.25) is 5.06 Å². The van der Waals surface area contributed by atoms with Crippen molar-refractivity contribution in [2.45, 2.75) is 26.2 Å². The Balaban J connectivity index is 1.63. The SMILES string of the molecule is CC(C)(C)c1ccc(Oc2sc(NC(=O)c3ccc([N+](=O)[O-])s3)nc2-c2ccc(F)cc2)cc1. The van der Waals surface area contributed by atoms with Crippen LogP contribution < -0.4 is 10.1 Å². The summed E-state index contributed by atoms with van der Waals surface area (Å²) >= 11 is 1.89. The fourth-order valence-electron chi connectivity index (χ4n) is 3.06. The van der Waals surface area contributed by atoms with Crippen molar-refractivity contribution < 1.29 is 18.8 Å². The quantitative estimate of drug-likeness (QED) is 0.223. The van der Waals surface area contributed by atoms with Crippen LogP contribution in [0.2, 0.25) is 0 Å². The van der Waals surface area contributed by atoms with E-state index in [2.05, 4.69) is 31.1 Å². The molecule has 0 saturated heterocycles. The van der Waals surface area contributed by atoms with Gasteiger partial charge in [-0.1, -0.05) is 55.6 Å². The van der Waals surface area contributed by atoms with Gasteiger partial charge in [0, 0.05) is 11.6 Å². The average Bonchev–Trinajstić information content (AvgIpc) is 3.42. The monoisotopic (exact) mass is 497 g/mol. The summed E-state index contributed by atoms with van der Waals surface area (Å²) < 4.78 is 19.5. The number of nitro groups is 1. The summed E-state index contributed by atoms with van der Waals surface area (Å²) in [5.41, 5.74) is 2.21. The summed E-state index contributed by atoms with van der Waals surface area (Å²) in [4.78, 5) is 27.6. The number of aromatic nitrogens is 1. The van der Waals surface area contributed by atoms with Crippen molar-refractivity contribution in [3.05, 3.63) is 87.0 Å². The lowest BCUT2D eigenvalue weighted by Crippen LogP contribution is -2.10. The second kappa shape index (κ2) is 9.32. The molecule has 2 heterocycles. The molecule has 10 heteroatoms. The van der Waals surface area contributed by atoms with Crippen molar-refractivity contribution in [3.8, 4) is 22.1 Å². The molecule has 2 aromatic carbocycles. The van der Waals surface area contributed by atoms with E-state index in [1.807, 2.05) is 24.3 Å². The number of halogens is 1. The Labute approximate surface area is 203 Å². The molecule has 2 aromatic heterocycles. The first-order chi connectivity index (χ1) is 16.1. The largest absolute Gasteiger partial charge is 0.444 e. The maximum absolute atomic E-state index is 13.5. The van der Waals surface area contributed by atoms with Gasteiger partial charge in [-0.3, -0.25) is 20.2 Å². The number of rotatable bonds is 6. The topological polar surface area (TPSA) is 94.4 Å². The number of nitrogens with zero attached hydrogens (tertiary/aromatic N) is 2. The Kier molecular flexibility index (Phi) is 6.45. The zero-order chi connectivity index (χ0) is 24.5. The number of anilines is 1. The van der Waals surface area contributed by atoms with Gasteiger partial charge in [-0.15, -0.1) is 0 Å². The maximum atomic E-state index is 13.5. The number of nitrogens with one attached hydrogen (secondary N) is 1. The van der Waals surface area contributed by atoms with E-state index in [1.165, 1.54) is 24.3 Å². The van der Waals surface area contributed by atoms with Crippen LogP contribution in [0.1, 0.15) is 36.0 Å². The summed E-state index contributed by atoms with van der Waals surface area (Å²) in [5.74, 6) is -0.308. The van der Waals surface area contributed by atoms with Gasteiger partial charge in [0.05, 0.1) is 9.80 Å². The van der Waals surface area contributed by atoms with Crippen molar-refractivity contribution in [1.29, 1.82) is 0 Å². The summed E-state index contributed by atoms with van der Waals surface area (Å²) in [7, 11) is 0. The smallest absolute Gasteiger partial charge is 0.324 e. The van der Waals surface area contributed by atoms with Crippen molar-refractivity contribution in [3.63, 3.8) is 0 Å². The van der Waals surface area contributed by atoms with E-state index in [1.54, 1.807) is 12.1 Å². The molecule has 0 aliphatic heterocycles. The minimum atomic E-state index is -0.547. The second-order valence-electron chi connectivity index (χ2n) is 8.39.